The standard InChI is InChI=1S/C15H21BrN2O2.C7H8F2.C2H6/c1-10(18-11(2)19)14(20)9-17-15(6-7-15)12-4-3-5-13(16)8-12;1-3-4-7(9)5-6(2)8;1-2/h3-5,8,10,14,17,20H,6-7,9H2,1-2H3,(H,18,19);3-5H,1H2,2H3;1-2H3/b;6-5+,7-4+;/t10-,14?;;/m0../s1. The predicted molar refractivity (Wildman–Crippen MR) is 128 cm³/mol. The van der Waals surface area contributed by atoms with Gasteiger partial charge in [-0.15, -0.1) is 0 Å². The van der Waals surface area contributed by atoms with E-state index in [2.05, 4.69) is 45.3 Å². The molecule has 0 radical (unpaired) electrons. The van der Waals surface area contributed by atoms with Crippen LogP contribution in [0.4, 0.5) is 8.78 Å². The van der Waals surface area contributed by atoms with E-state index in [-0.39, 0.29) is 17.5 Å². The summed E-state index contributed by atoms with van der Waals surface area (Å²) in [5, 5.41) is 16.2. The lowest BCUT2D eigenvalue weighted by molar-refractivity contribution is -0.120. The van der Waals surface area contributed by atoms with Crippen LogP contribution >= 0.6 is 15.9 Å². The van der Waals surface area contributed by atoms with Gasteiger partial charge in [-0.2, -0.15) is 0 Å². The topological polar surface area (TPSA) is 61.4 Å². The summed E-state index contributed by atoms with van der Waals surface area (Å²) >= 11 is 3.49. The van der Waals surface area contributed by atoms with Crippen LogP contribution in [0.3, 0.4) is 0 Å². The van der Waals surface area contributed by atoms with Crippen LogP contribution in [0.25, 0.3) is 0 Å². The molecule has 7 heteroatoms. The molecule has 1 aliphatic carbocycles. The number of hydrogen-bond acceptors (Lipinski definition) is 3. The number of halogens is 3. The number of carbonyl (C=O) groups is 1. The normalized spacial score (nSPS) is 16.5. The Kier molecular flexibility index (Phi) is 14.2. The zero-order valence-electron chi connectivity index (χ0n) is 19.0. The highest BCUT2D eigenvalue weighted by Crippen LogP contribution is 2.45. The van der Waals surface area contributed by atoms with Crippen LogP contribution in [0.5, 0.6) is 0 Å². The van der Waals surface area contributed by atoms with Crippen LogP contribution in [0.2, 0.25) is 0 Å². The largest absolute Gasteiger partial charge is 0.390 e. The van der Waals surface area contributed by atoms with Crippen molar-refractivity contribution in [2.24, 2.45) is 0 Å². The van der Waals surface area contributed by atoms with Gasteiger partial charge in [0.25, 0.3) is 0 Å². The highest BCUT2D eigenvalue weighted by molar-refractivity contribution is 9.10. The Labute approximate surface area is 193 Å². The summed E-state index contributed by atoms with van der Waals surface area (Å²) < 4.78 is 25.0. The second-order valence-electron chi connectivity index (χ2n) is 7.05. The maximum absolute atomic E-state index is 12.1. The summed E-state index contributed by atoms with van der Waals surface area (Å²) in [6, 6.07) is 8.00. The zero-order chi connectivity index (χ0) is 24.0. The van der Waals surface area contributed by atoms with Gasteiger partial charge in [0.1, 0.15) is 5.83 Å². The number of allylic oxidation sites excluding steroid dienone is 5. The average molecular weight is 501 g/mol. The molecule has 2 rings (SSSR count). The van der Waals surface area contributed by atoms with Gasteiger partial charge in [-0.3, -0.25) is 4.79 Å². The molecule has 3 N–H and O–H groups in total. The maximum Gasteiger partial charge on any atom is 0.217 e. The Bertz CT molecular complexity index is 758. The second kappa shape index (κ2) is 15.1. The Morgan fingerprint density at radius 1 is 1.32 bits per heavy atom. The predicted octanol–water partition coefficient (Wildman–Crippen LogP) is 5.84. The van der Waals surface area contributed by atoms with Gasteiger partial charge in [0.05, 0.1) is 18.0 Å². The van der Waals surface area contributed by atoms with E-state index in [0.717, 1.165) is 29.5 Å². The van der Waals surface area contributed by atoms with Crippen molar-refractivity contribution in [2.75, 3.05) is 6.54 Å². The molecule has 4 nitrogen and oxygen atoms in total. The first kappa shape index (κ1) is 29.2. The van der Waals surface area contributed by atoms with Crippen molar-refractivity contribution >= 4 is 21.8 Å². The van der Waals surface area contributed by atoms with E-state index in [1.165, 1.54) is 25.5 Å². The lowest BCUT2D eigenvalue weighted by Gasteiger charge is -2.24. The zero-order valence-corrected chi connectivity index (χ0v) is 20.6. The van der Waals surface area contributed by atoms with Crippen LogP contribution in [-0.4, -0.2) is 29.7 Å². The minimum atomic E-state index is -0.620. The Balaban J connectivity index is 0.000000692. The van der Waals surface area contributed by atoms with Crippen molar-refractivity contribution in [1.82, 2.24) is 10.6 Å². The molecule has 1 aliphatic rings. The number of aliphatic hydroxyl groups excluding tert-OH is 1. The van der Waals surface area contributed by atoms with Crippen LogP contribution in [0.1, 0.15) is 53.0 Å². The molecule has 0 bridgehead atoms. The smallest absolute Gasteiger partial charge is 0.217 e. The summed E-state index contributed by atoms with van der Waals surface area (Å²) in [4.78, 5) is 11.0. The van der Waals surface area contributed by atoms with Gasteiger partial charge in [0.2, 0.25) is 5.91 Å². The van der Waals surface area contributed by atoms with Crippen LogP contribution in [0, 0.1) is 0 Å². The van der Waals surface area contributed by atoms with Crippen LogP contribution in [-0.2, 0) is 10.3 Å². The van der Waals surface area contributed by atoms with E-state index < -0.39 is 17.8 Å². The highest BCUT2D eigenvalue weighted by atomic mass is 79.9. The SMILES string of the molecule is C=C/C=C(F)\C=C(/C)F.CC.CC(=O)N[C@@H](C)C(O)CNC1(c2cccc(Br)c2)CC1. The van der Waals surface area contributed by atoms with E-state index in [4.69, 9.17) is 0 Å². The van der Waals surface area contributed by atoms with Crippen LogP contribution < -0.4 is 10.6 Å². The Morgan fingerprint density at radius 3 is 2.39 bits per heavy atom. The van der Waals surface area contributed by atoms with E-state index in [0.29, 0.717) is 6.54 Å². The van der Waals surface area contributed by atoms with E-state index in [1.807, 2.05) is 32.9 Å². The van der Waals surface area contributed by atoms with Crippen molar-refractivity contribution in [3.63, 3.8) is 0 Å². The van der Waals surface area contributed by atoms with Crippen molar-refractivity contribution in [3.05, 3.63) is 70.8 Å². The molecule has 1 aromatic carbocycles. The number of hydrogen-bond donors (Lipinski definition) is 3. The molecule has 31 heavy (non-hydrogen) atoms. The molecule has 174 valence electrons. The molecule has 0 saturated heterocycles. The maximum atomic E-state index is 12.1. The first-order valence-electron chi connectivity index (χ1n) is 10.4. The van der Waals surface area contributed by atoms with E-state index in [9.17, 15) is 18.7 Å². The molecule has 0 heterocycles. The van der Waals surface area contributed by atoms with Gasteiger partial charge in [0, 0.05) is 29.6 Å². The van der Waals surface area contributed by atoms with E-state index in [1.54, 1.807) is 0 Å². The number of carbonyl (C=O) groups excluding carboxylic acids is 1. The minimum Gasteiger partial charge on any atom is -0.390 e. The molecule has 1 saturated carbocycles. The van der Waals surface area contributed by atoms with Gasteiger partial charge in [-0.05, 0) is 50.5 Å². The summed E-state index contributed by atoms with van der Waals surface area (Å²) in [6.45, 7) is 12.2. The summed E-state index contributed by atoms with van der Waals surface area (Å²) in [6.07, 6.45) is 4.69. The molecule has 0 aromatic heterocycles. The number of rotatable bonds is 8. The fraction of sp³-hybridized carbons (Fsp3) is 0.458. The van der Waals surface area contributed by atoms with Gasteiger partial charge in [-0.1, -0.05) is 54.6 Å². The minimum absolute atomic E-state index is 0.0132. The molecule has 0 spiro atoms. The Hall–Kier alpha value is -1.83. The van der Waals surface area contributed by atoms with Gasteiger partial charge >= 0.3 is 0 Å². The molecular weight excluding hydrogens is 466 g/mol. The molecule has 0 aliphatic heterocycles. The van der Waals surface area contributed by atoms with Gasteiger partial charge < -0.3 is 15.7 Å². The summed E-state index contributed by atoms with van der Waals surface area (Å²) in [7, 11) is 0. The van der Waals surface area contributed by atoms with Crippen molar-refractivity contribution < 1.29 is 18.7 Å². The highest BCUT2D eigenvalue weighted by Gasteiger charge is 2.44. The number of nitrogens with one attached hydrogen (secondary N) is 2. The third-order valence-electron chi connectivity index (χ3n) is 4.40. The first-order chi connectivity index (χ1) is 14.6. The molecule has 1 fully saturated rings. The second-order valence-corrected chi connectivity index (χ2v) is 7.96. The fourth-order valence-electron chi connectivity index (χ4n) is 2.72. The number of benzene rings is 1. The number of aliphatic hydroxyl groups is 1. The van der Waals surface area contributed by atoms with Gasteiger partial charge in [-0.25, -0.2) is 8.78 Å². The monoisotopic (exact) mass is 500 g/mol. The summed E-state index contributed by atoms with van der Waals surface area (Å²) in [5.41, 5.74) is 1.23. The lowest BCUT2D eigenvalue weighted by Crippen LogP contribution is -2.46. The first-order valence-corrected chi connectivity index (χ1v) is 11.2. The molecular formula is C24H35BrF2N2O2. The fourth-order valence-corrected chi connectivity index (χ4v) is 3.12. The molecule has 1 unspecified atom stereocenters. The number of amides is 1. The quantitative estimate of drug-likeness (QED) is 0.393. The van der Waals surface area contributed by atoms with E-state index >= 15 is 0 Å². The Morgan fingerprint density at radius 2 is 1.94 bits per heavy atom. The van der Waals surface area contributed by atoms with Crippen molar-refractivity contribution in [2.45, 2.75) is 65.1 Å². The third-order valence-corrected chi connectivity index (χ3v) is 4.89. The van der Waals surface area contributed by atoms with Crippen LogP contribution in [0.15, 0.2) is 65.2 Å². The summed E-state index contributed by atoms with van der Waals surface area (Å²) in [5.74, 6) is -1.29. The molecule has 1 aromatic rings. The van der Waals surface area contributed by atoms with Crippen molar-refractivity contribution in [1.29, 1.82) is 0 Å². The molecule has 2 atom stereocenters. The molecule has 1 amide bonds. The average Bonchev–Trinajstić information content (AvgIpc) is 3.48. The van der Waals surface area contributed by atoms with Crippen molar-refractivity contribution in [3.8, 4) is 0 Å². The lowest BCUT2D eigenvalue weighted by atomic mass is 10.0. The third kappa shape index (κ3) is 12.0. The van der Waals surface area contributed by atoms with Gasteiger partial charge in [0.15, 0.2) is 0 Å².